The van der Waals surface area contributed by atoms with Gasteiger partial charge in [0.05, 0.1) is 17.7 Å². The molecule has 0 aliphatic carbocycles. The number of benzene rings is 3. The summed E-state index contributed by atoms with van der Waals surface area (Å²) in [4.78, 5) is 29.0. The van der Waals surface area contributed by atoms with Crippen LogP contribution in [0.2, 0.25) is 0 Å². The van der Waals surface area contributed by atoms with Gasteiger partial charge in [-0.2, -0.15) is 0 Å². The van der Waals surface area contributed by atoms with Crippen molar-refractivity contribution in [3.8, 4) is 5.75 Å². The van der Waals surface area contributed by atoms with Gasteiger partial charge in [-0.1, -0.05) is 49.4 Å². The van der Waals surface area contributed by atoms with E-state index >= 15 is 0 Å². The van der Waals surface area contributed by atoms with Crippen molar-refractivity contribution >= 4 is 27.5 Å². The molecule has 0 aromatic heterocycles. The zero-order valence-corrected chi connectivity index (χ0v) is 24.9. The minimum Gasteiger partial charge on any atom is -0.497 e. The number of nitrogens with zero attached hydrogens (tertiary/aromatic N) is 2. The van der Waals surface area contributed by atoms with Crippen LogP contribution >= 0.6 is 0 Å². The SMILES string of the molecule is CC[C@@H](C(=O)NC(C)(C)C)N(Cc1ccc(OC)cc1)C(=O)CN(c1cccc(C)c1)S(=O)(=O)c1ccccc1. The van der Waals surface area contributed by atoms with Crippen molar-refractivity contribution in [1.82, 2.24) is 10.2 Å². The van der Waals surface area contributed by atoms with E-state index in [-0.39, 0.29) is 17.3 Å². The number of nitrogens with one attached hydrogen (secondary N) is 1. The lowest BCUT2D eigenvalue weighted by Crippen LogP contribution is -2.55. The van der Waals surface area contributed by atoms with Crippen molar-refractivity contribution in [2.75, 3.05) is 18.0 Å². The molecule has 8 nitrogen and oxygen atoms in total. The Kier molecular flexibility index (Phi) is 9.98. The molecule has 3 aromatic carbocycles. The molecule has 0 aliphatic rings. The minimum absolute atomic E-state index is 0.0727. The van der Waals surface area contributed by atoms with E-state index in [1.807, 2.05) is 52.8 Å². The van der Waals surface area contributed by atoms with Crippen molar-refractivity contribution in [2.24, 2.45) is 0 Å². The van der Waals surface area contributed by atoms with Crippen LogP contribution in [0.15, 0.2) is 83.8 Å². The van der Waals surface area contributed by atoms with Crippen molar-refractivity contribution in [3.63, 3.8) is 0 Å². The number of rotatable bonds is 11. The number of carbonyl (C=O) groups is 2. The molecule has 3 aromatic rings. The first-order valence-corrected chi connectivity index (χ1v) is 14.7. The van der Waals surface area contributed by atoms with Crippen LogP contribution in [0.5, 0.6) is 5.75 Å². The Bertz CT molecular complexity index is 1400. The summed E-state index contributed by atoms with van der Waals surface area (Å²) in [6.07, 6.45) is 0.347. The van der Waals surface area contributed by atoms with Gasteiger partial charge in [0.25, 0.3) is 10.0 Å². The van der Waals surface area contributed by atoms with Crippen molar-refractivity contribution in [1.29, 1.82) is 0 Å². The molecule has 0 fully saturated rings. The first-order chi connectivity index (χ1) is 18.9. The maximum atomic E-state index is 14.1. The summed E-state index contributed by atoms with van der Waals surface area (Å²) in [5, 5.41) is 2.97. The summed E-state index contributed by atoms with van der Waals surface area (Å²) in [5.41, 5.74) is 1.49. The maximum Gasteiger partial charge on any atom is 0.264 e. The van der Waals surface area contributed by atoms with Gasteiger partial charge in [-0.25, -0.2) is 8.42 Å². The lowest BCUT2D eigenvalue weighted by molar-refractivity contribution is -0.141. The Hall–Kier alpha value is -3.85. The van der Waals surface area contributed by atoms with Gasteiger partial charge in [-0.3, -0.25) is 13.9 Å². The zero-order chi connectivity index (χ0) is 29.5. The van der Waals surface area contributed by atoms with Gasteiger partial charge in [-0.05, 0) is 81.6 Å². The van der Waals surface area contributed by atoms with Crippen molar-refractivity contribution < 1.29 is 22.7 Å². The number of carbonyl (C=O) groups excluding carboxylic acids is 2. The molecule has 1 atom stereocenters. The lowest BCUT2D eigenvalue weighted by atomic mass is 10.1. The lowest BCUT2D eigenvalue weighted by Gasteiger charge is -2.34. The molecule has 3 rings (SSSR count). The second kappa shape index (κ2) is 13.0. The number of aryl methyl sites for hydroxylation is 1. The van der Waals surface area contributed by atoms with Crippen LogP contribution in [0, 0.1) is 6.92 Å². The highest BCUT2D eigenvalue weighted by atomic mass is 32.2. The first kappa shape index (κ1) is 30.7. The van der Waals surface area contributed by atoms with Crippen LogP contribution < -0.4 is 14.4 Å². The Labute approximate surface area is 238 Å². The number of anilines is 1. The van der Waals surface area contributed by atoms with E-state index in [4.69, 9.17) is 4.74 Å². The maximum absolute atomic E-state index is 14.1. The molecule has 0 unspecified atom stereocenters. The number of ether oxygens (including phenoxy) is 1. The third kappa shape index (κ3) is 7.85. The highest BCUT2D eigenvalue weighted by Crippen LogP contribution is 2.26. The zero-order valence-electron chi connectivity index (χ0n) is 24.0. The molecular weight excluding hydrogens is 526 g/mol. The third-order valence-electron chi connectivity index (χ3n) is 6.30. The van der Waals surface area contributed by atoms with Crippen LogP contribution in [0.3, 0.4) is 0 Å². The highest BCUT2D eigenvalue weighted by Gasteiger charge is 2.34. The van der Waals surface area contributed by atoms with Gasteiger partial charge in [-0.15, -0.1) is 0 Å². The van der Waals surface area contributed by atoms with Gasteiger partial charge >= 0.3 is 0 Å². The normalized spacial score (nSPS) is 12.3. The summed E-state index contributed by atoms with van der Waals surface area (Å²) in [6.45, 7) is 8.96. The van der Waals surface area contributed by atoms with Crippen LogP contribution in [-0.2, 0) is 26.2 Å². The predicted molar refractivity (Wildman–Crippen MR) is 158 cm³/mol. The molecule has 0 spiro atoms. The molecule has 0 aliphatic heterocycles. The number of methoxy groups -OCH3 is 1. The number of hydrogen-bond acceptors (Lipinski definition) is 5. The Morgan fingerprint density at radius 2 is 1.60 bits per heavy atom. The van der Waals surface area contributed by atoms with Crippen LogP contribution in [0.4, 0.5) is 5.69 Å². The molecule has 1 N–H and O–H groups in total. The Balaban J connectivity index is 2.06. The number of sulfonamides is 1. The standard InChI is InChI=1S/C31H39N3O5S/c1-7-28(30(36)32-31(3,4)5)33(21-24-16-18-26(39-6)19-17-24)29(35)22-34(25-13-11-12-23(2)20-25)40(37,38)27-14-9-8-10-15-27/h8-20,28H,7,21-22H2,1-6H3,(H,32,36)/t28-/m0/s1. The van der Waals surface area contributed by atoms with Crippen LogP contribution in [0.1, 0.15) is 45.2 Å². The fourth-order valence-corrected chi connectivity index (χ4v) is 5.76. The number of amides is 2. The second-order valence-electron chi connectivity index (χ2n) is 10.7. The van der Waals surface area contributed by atoms with Crippen molar-refractivity contribution in [2.45, 2.75) is 64.1 Å². The average molecular weight is 566 g/mol. The molecule has 0 bridgehead atoms. The van der Waals surface area contributed by atoms with Crippen LogP contribution in [0.25, 0.3) is 0 Å². The summed E-state index contributed by atoms with van der Waals surface area (Å²) in [7, 11) is -2.52. The summed E-state index contributed by atoms with van der Waals surface area (Å²) < 4.78 is 34.1. The number of hydrogen-bond donors (Lipinski definition) is 1. The van der Waals surface area contributed by atoms with E-state index in [1.54, 1.807) is 55.6 Å². The molecule has 40 heavy (non-hydrogen) atoms. The van der Waals surface area contributed by atoms with Gasteiger partial charge in [0.2, 0.25) is 11.8 Å². The minimum atomic E-state index is -4.09. The highest BCUT2D eigenvalue weighted by molar-refractivity contribution is 7.92. The quantitative estimate of drug-likeness (QED) is 0.356. The van der Waals surface area contributed by atoms with Gasteiger partial charge in [0.15, 0.2) is 0 Å². The van der Waals surface area contributed by atoms with E-state index < -0.39 is 34.1 Å². The van der Waals surface area contributed by atoms with Gasteiger partial charge < -0.3 is 15.0 Å². The van der Waals surface area contributed by atoms with E-state index in [9.17, 15) is 18.0 Å². The van der Waals surface area contributed by atoms with E-state index in [0.29, 0.717) is 17.9 Å². The monoisotopic (exact) mass is 565 g/mol. The second-order valence-corrected chi connectivity index (χ2v) is 12.6. The Morgan fingerprint density at radius 1 is 0.950 bits per heavy atom. The topological polar surface area (TPSA) is 96.0 Å². The smallest absolute Gasteiger partial charge is 0.264 e. The van der Waals surface area contributed by atoms with E-state index in [2.05, 4.69) is 5.32 Å². The van der Waals surface area contributed by atoms with Gasteiger partial charge in [0, 0.05) is 12.1 Å². The summed E-state index contributed by atoms with van der Waals surface area (Å²) in [5.74, 6) is -0.128. The third-order valence-corrected chi connectivity index (χ3v) is 8.08. The van der Waals surface area contributed by atoms with Gasteiger partial charge in [0.1, 0.15) is 18.3 Å². The molecule has 0 radical (unpaired) electrons. The molecule has 0 heterocycles. The Morgan fingerprint density at radius 3 is 2.15 bits per heavy atom. The van der Waals surface area contributed by atoms with Crippen molar-refractivity contribution in [3.05, 3.63) is 90.0 Å². The first-order valence-electron chi connectivity index (χ1n) is 13.2. The fourth-order valence-electron chi connectivity index (χ4n) is 4.33. The molecule has 9 heteroatoms. The average Bonchev–Trinajstić information content (AvgIpc) is 2.91. The molecule has 214 valence electrons. The molecule has 0 saturated carbocycles. The fraction of sp³-hybridized carbons (Fsp3) is 0.355. The summed E-state index contributed by atoms with van der Waals surface area (Å²) in [6, 6.07) is 21.4. The molecular formula is C31H39N3O5S. The van der Waals surface area contributed by atoms with Crippen LogP contribution in [-0.4, -0.2) is 50.4 Å². The predicted octanol–water partition coefficient (Wildman–Crippen LogP) is 4.92. The van der Waals surface area contributed by atoms with E-state index in [0.717, 1.165) is 15.4 Å². The molecule has 2 amide bonds. The largest absolute Gasteiger partial charge is 0.497 e. The molecule has 0 saturated heterocycles. The van der Waals surface area contributed by atoms with E-state index in [1.165, 1.54) is 17.0 Å². The summed E-state index contributed by atoms with van der Waals surface area (Å²) >= 11 is 0.